The van der Waals surface area contributed by atoms with E-state index in [-0.39, 0.29) is 5.91 Å². The Morgan fingerprint density at radius 1 is 1.03 bits per heavy atom. The maximum atomic E-state index is 12.4. The monoisotopic (exact) mass is 420 g/mol. The highest BCUT2D eigenvalue weighted by Gasteiger charge is 2.21. The average Bonchev–Trinajstić information content (AvgIpc) is 3.13. The molecule has 4 aromatic rings. The Bertz CT molecular complexity index is 1230. The number of rotatable bonds is 4. The smallest absolute Gasteiger partial charge is 0.229 e. The Labute approximate surface area is 178 Å². The quantitative estimate of drug-likeness (QED) is 0.410. The van der Waals surface area contributed by atoms with Gasteiger partial charge < -0.3 is 10.6 Å². The molecular formula is C22H21ClN6O. The number of anilines is 3. The summed E-state index contributed by atoms with van der Waals surface area (Å²) >= 11 is 6.10. The third-order valence-electron chi connectivity index (χ3n) is 4.52. The van der Waals surface area contributed by atoms with Crippen LogP contribution in [0.25, 0.3) is 22.3 Å². The van der Waals surface area contributed by atoms with Crippen molar-refractivity contribution in [2.24, 2.45) is 5.41 Å². The standard InChI is InChI=1S/C22H21ClN6O/c1-22(2,3)21(30)27-15-8-4-6-13(10-15)18-17-19(24-12-25-20(17)29-28-18)26-16-9-5-7-14(23)11-16/h4-12H,1-3H3,(H,27,30)(H2,24,25,26,28,29). The summed E-state index contributed by atoms with van der Waals surface area (Å²) in [6, 6.07) is 14.9. The number of carbonyl (C=O) groups is 1. The number of aromatic amines is 1. The first-order valence-corrected chi connectivity index (χ1v) is 9.82. The van der Waals surface area contributed by atoms with Crippen molar-refractivity contribution in [2.75, 3.05) is 10.6 Å². The SMILES string of the molecule is CC(C)(C)C(=O)Nc1cccc(-c2n[nH]c3ncnc(Nc4cccc(Cl)c4)c23)c1. The van der Waals surface area contributed by atoms with Gasteiger partial charge in [0.2, 0.25) is 5.91 Å². The Morgan fingerprint density at radius 2 is 1.80 bits per heavy atom. The summed E-state index contributed by atoms with van der Waals surface area (Å²) in [6.45, 7) is 5.62. The van der Waals surface area contributed by atoms with E-state index in [1.54, 1.807) is 0 Å². The lowest BCUT2D eigenvalue weighted by Crippen LogP contribution is -2.27. The Kier molecular flexibility index (Phi) is 5.13. The molecule has 2 heterocycles. The molecule has 0 unspecified atom stereocenters. The molecular weight excluding hydrogens is 400 g/mol. The van der Waals surface area contributed by atoms with Crippen LogP contribution < -0.4 is 10.6 Å². The fraction of sp³-hybridized carbons (Fsp3) is 0.182. The van der Waals surface area contributed by atoms with Crippen LogP contribution in [0.4, 0.5) is 17.2 Å². The van der Waals surface area contributed by atoms with Crippen molar-refractivity contribution in [3.63, 3.8) is 0 Å². The second-order valence-electron chi connectivity index (χ2n) is 7.94. The number of amides is 1. The van der Waals surface area contributed by atoms with Crippen LogP contribution in [-0.4, -0.2) is 26.1 Å². The molecule has 0 fully saturated rings. The summed E-state index contributed by atoms with van der Waals surface area (Å²) in [5, 5.41) is 15.0. The van der Waals surface area contributed by atoms with E-state index in [1.807, 2.05) is 69.3 Å². The molecule has 0 aliphatic heterocycles. The molecule has 7 nitrogen and oxygen atoms in total. The van der Waals surface area contributed by atoms with Crippen LogP contribution in [0, 0.1) is 5.41 Å². The number of carbonyl (C=O) groups excluding carboxylic acids is 1. The van der Waals surface area contributed by atoms with Gasteiger partial charge in [-0.25, -0.2) is 9.97 Å². The largest absolute Gasteiger partial charge is 0.339 e. The van der Waals surface area contributed by atoms with Crippen LogP contribution in [0.5, 0.6) is 0 Å². The fourth-order valence-corrected chi connectivity index (χ4v) is 3.12. The van der Waals surface area contributed by atoms with E-state index in [9.17, 15) is 4.79 Å². The average molecular weight is 421 g/mol. The molecule has 0 bridgehead atoms. The predicted octanol–water partition coefficient (Wildman–Crippen LogP) is 5.40. The van der Waals surface area contributed by atoms with Gasteiger partial charge in [-0.05, 0) is 30.3 Å². The highest BCUT2D eigenvalue weighted by atomic mass is 35.5. The predicted molar refractivity (Wildman–Crippen MR) is 120 cm³/mol. The zero-order valence-corrected chi connectivity index (χ0v) is 17.6. The van der Waals surface area contributed by atoms with Crippen LogP contribution in [0.1, 0.15) is 20.8 Å². The molecule has 30 heavy (non-hydrogen) atoms. The Balaban J connectivity index is 1.73. The molecule has 0 radical (unpaired) electrons. The normalized spacial score (nSPS) is 11.5. The first-order valence-electron chi connectivity index (χ1n) is 9.45. The van der Waals surface area contributed by atoms with Gasteiger partial charge in [0.05, 0.1) is 5.39 Å². The van der Waals surface area contributed by atoms with Crippen molar-refractivity contribution in [1.82, 2.24) is 20.2 Å². The summed E-state index contributed by atoms with van der Waals surface area (Å²) in [5.41, 5.74) is 3.13. The van der Waals surface area contributed by atoms with Crippen molar-refractivity contribution in [3.05, 3.63) is 59.9 Å². The van der Waals surface area contributed by atoms with E-state index in [4.69, 9.17) is 11.6 Å². The third-order valence-corrected chi connectivity index (χ3v) is 4.76. The third kappa shape index (κ3) is 4.11. The summed E-state index contributed by atoms with van der Waals surface area (Å²) in [5.74, 6) is 0.549. The summed E-state index contributed by atoms with van der Waals surface area (Å²) < 4.78 is 0. The zero-order chi connectivity index (χ0) is 21.3. The number of halogens is 1. The van der Waals surface area contributed by atoms with Crippen molar-refractivity contribution in [2.45, 2.75) is 20.8 Å². The lowest BCUT2D eigenvalue weighted by molar-refractivity contribution is -0.123. The van der Waals surface area contributed by atoms with Gasteiger partial charge in [0.1, 0.15) is 17.8 Å². The van der Waals surface area contributed by atoms with Gasteiger partial charge in [-0.1, -0.05) is 50.6 Å². The zero-order valence-electron chi connectivity index (χ0n) is 16.8. The van der Waals surface area contributed by atoms with Crippen LogP contribution in [-0.2, 0) is 4.79 Å². The number of fused-ring (bicyclic) bond motifs is 1. The Morgan fingerprint density at radius 3 is 2.57 bits per heavy atom. The molecule has 152 valence electrons. The van der Waals surface area contributed by atoms with Gasteiger partial charge in [-0.3, -0.25) is 9.89 Å². The summed E-state index contributed by atoms with van der Waals surface area (Å²) in [4.78, 5) is 21.0. The van der Waals surface area contributed by atoms with E-state index in [2.05, 4.69) is 30.8 Å². The summed E-state index contributed by atoms with van der Waals surface area (Å²) in [7, 11) is 0. The lowest BCUT2D eigenvalue weighted by Gasteiger charge is -2.18. The maximum absolute atomic E-state index is 12.4. The minimum absolute atomic E-state index is 0.0572. The molecule has 0 aliphatic rings. The van der Waals surface area contributed by atoms with Crippen LogP contribution in [0.15, 0.2) is 54.9 Å². The lowest BCUT2D eigenvalue weighted by atomic mass is 9.95. The first-order chi connectivity index (χ1) is 14.3. The van der Waals surface area contributed by atoms with Gasteiger partial charge in [0.25, 0.3) is 0 Å². The molecule has 2 aromatic carbocycles. The van der Waals surface area contributed by atoms with Crippen molar-refractivity contribution >= 4 is 45.7 Å². The van der Waals surface area contributed by atoms with Gasteiger partial charge in [-0.15, -0.1) is 0 Å². The second-order valence-corrected chi connectivity index (χ2v) is 8.37. The summed E-state index contributed by atoms with van der Waals surface area (Å²) in [6.07, 6.45) is 1.47. The Hall–Kier alpha value is -3.45. The van der Waals surface area contributed by atoms with Gasteiger partial charge in [-0.2, -0.15) is 5.10 Å². The minimum Gasteiger partial charge on any atom is -0.339 e. The molecule has 2 aromatic heterocycles. The number of hydrogen-bond acceptors (Lipinski definition) is 5. The number of nitrogens with one attached hydrogen (secondary N) is 3. The van der Waals surface area contributed by atoms with Crippen molar-refractivity contribution < 1.29 is 4.79 Å². The number of hydrogen-bond donors (Lipinski definition) is 3. The van der Waals surface area contributed by atoms with Crippen LogP contribution >= 0.6 is 11.6 Å². The molecule has 0 saturated heterocycles. The number of aromatic nitrogens is 4. The van der Waals surface area contributed by atoms with E-state index < -0.39 is 5.41 Å². The molecule has 8 heteroatoms. The molecule has 0 saturated carbocycles. The molecule has 0 atom stereocenters. The molecule has 4 rings (SSSR count). The van der Waals surface area contributed by atoms with E-state index in [0.717, 1.165) is 16.6 Å². The van der Waals surface area contributed by atoms with Crippen molar-refractivity contribution in [1.29, 1.82) is 0 Å². The van der Waals surface area contributed by atoms with Gasteiger partial charge in [0.15, 0.2) is 5.65 Å². The second kappa shape index (κ2) is 7.76. The highest BCUT2D eigenvalue weighted by Crippen LogP contribution is 2.33. The molecule has 0 spiro atoms. The van der Waals surface area contributed by atoms with E-state index >= 15 is 0 Å². The van der Waals surface area contributed by atoms with E-state index in [0.29, 0.717) is 27.9 Å². The fourth-order valence-electron chi connectivity index (χ4n) is 2.93. The molecule has 0 aliphatic carbocycles. The van der Waals surface area contributed by atoms with Gasteiger partial charge >= 0.3 is 0 Å². The number of nitrogens with zero attached hydrogens (tertiary/aromatic N) is 3. The first kappa shape index (κ1) is 19.8. The molecule has 1 amide bonds. The van der Waals surface area contributed by atoms with Crippen molar-refractivity contribution in [3.8, 4) is 11.3 Å². The number of H-pyrrole nitrogens is 1. The highest BCUT2D eigenvalue weighted by molar-refractivity contribution is 6.30. The topological polar surface area (TPSA) is 95.6 Å². The van der Waals surface area contributed by atoms with Crippen LogP contribution in [0.2, 0.25) is 5.02 Å². The van der Waals surface area contributed by atoms with E-state index in [1.165, 1.54) is 6.33 Å². The molecule has 3 N–H and O–H groups in total. The minimum atomic E-state index is -0.489. The van der Waals surface area contributed by atoms with Gasteiger partial charge in [0, 0.05) is 27.4 Å². The maximum Gasteiger partial charge on any atom is 0.229 e. The van der Waals surface area contributed by atoms with Crippen LogP contribution in [0.3, 0.4) is 0 Å². The number of benzene rings is 2.